The minimum atomic E-state index is -0.657. The van der Waals surface area contributed by atoms with Gasteiger partial charge in [0, 0.05) is 5.02 Å². The second-order valence-electron chi connectivity index (χ2n) is 6.80. The van der Waals surface area contributed by atoms with Crippen LogP contribution < -0.4 is 9.64 Å². The van der Waals surface area contributed by atoms with Gasteiger partial charge in [-0.1, -0.05) is 11.6 Å². The number of rotatable bonds is 3. The largest absolute Gasteiger partial charge is 0.457 e. The van der Waals surface area contributed by atoms with Gasteiger partial charge in [0.15, 0.2) is 6.04 Å². The number of anilines is 1. The quantitative estimate of drug-likeness (QED) is 0.770. The molecule has 6 nitrogen and oxygen atoms in total. The van der Waals surface area contributed by atoms with E-state index in [1.54, 1.807) is 48.5 Å². The number of benzene rings is 2. The molecule has 2 amide bonds. The van der Waals surface area contributed by atoms with Gasteiger partial charge in [-0.15, -0.1) is 0 Å². The fraction of sp³-hybridized carbons (Fsp3) is 0.263. The highest BCUT2D eigenvalue weighted by atomic mass is 35.5. The van der Waals surface area contributed by atoms with Crippen LogP contribution in [0.2, 0.25) is 5.02 Å². The molecule has 2 atom stereocenters. The van der Waals surface area contributed by atoms with E-state index in [1.807, 2.05) is 0 Å². The Morgan fingerprint density at radius 3 is 2.19 bits per heavy atom. The summed E-state index contributed by atoms with van der Waals surface area (Å²) in [6.07, 6.45) is 1.66. The second kappa shape index (κ2) is 5.38. The molecule has 26 heavy (non-hydrogen) atoms. The molecule has 1 spiro atoms. The van der Waals surface area contributed by atoms with Crippen molar-refractivity contribution in [3.05, 3.63) is 53.6 Å². The molecule has 2 heterocycles. The fourth-order valence-corrected chi connectivity index (χ4v) is 3.76. The molecule has 0 bridgehead atoms. The van der Waals surface area contributed by atoms with Crippen molar-refractivity contribution < 1.29 is 14.3 Å². The van der Waals surface area contributed by atoms with Gasteiger partial charge in [-0.3, -0.25) is 9.59 Å². The maximum absolute atomic E-state index is 12.8. The van der Waals surface area contributed by atoms with E-state index in [2.05, 4.69) is 10.2 Å². The number of azo groups is 1. The lowest BCUT2D eigenvalue weighted by molar-refractivity contribution is -0.122. The average molecular weight is 368 g/mol. The first-order chi connectivity index (χ1) is 12.6. The van der Waals surface area contributed by atoms with Crippen molar-refractivity contribution in [1.82, 2.24) is 0 Å². The molecule has 5 rings (SSSR count). The minimum Gasteiger partial charge on any atom is -0.457 e. The smallest absolute Gasteiger partial charge is 0.261 e. The lowest BCUT2D eigenvalue weighted by atomic mass is 9.94. The van der Waals surface area contributed by atoms with E-state index < -0.39 is 17.5 Å². The molecule has 1 aliphatic carbocycles. The summed E-state index contributed by atoms with van der Waals surface area (Å²) in [6, 6.07) is 13.2. The van der Waals surface area contributed by atoms with Crippen LogP contribution in [-0.4, -0.2) is 23.4 Å². The average Bonchev–Trinajstić information content (AvgIpc) is 3.24. The molecule has 2 aromatic carbocycles. The van der Waals surface area contributed by atoms with E-state index in [1.165, 1.54) is 4.90 Å². The van der Waals surface area contributed by atoms with E-state index in [-0.39, 0.29) is 11.8 Å². The van der Waals surface area contributed by atoms with Crippen LogP contribution in [0.4, 0.5) is 5.69 Å². The summed E-state index contributed by atoms with van der Waals surface area (Å²) in [7, 11) is 0. The minimum absolute atomic E-state index is 0.200. The molecule has 1 saturated carbocycles. The molecule has 0 N–H and O–H groups in total. The zero-order valence-corrected chi connectivity index (χ0v) is 14.4. The van der Waals surface area contributed by atoms with E-state index in [0.29, 0.717) is 22.2 Å². The summed E-state index contributed by atoms with van der Waals surface area (Å²) >= 11 is 5.86. The number of carbonyl (C=O) groups is 2. The van der Waals surface area contributed by atoms with Crippen LogP contribution in [0, 0.1) is 5.92 Å². The molecule has 2 fully saturated rings. The molecule has 7 heteroatoms. The van der Waals surface area contributed by atoms with Gasteiger partial charge < -0.3 is 4.74 Å². The summed E-state index contributed by atoms with van der Waals surface area (Å²) in [5, 5.41) is 8.90. The van der Waals surface area contributed by atoms with Crippen molar-refractivity contribution in [3.63, 3.8) is 0 Å². The van der Waals surface area contributed by atoms with Crippen LogP contribution in [0.15, 0.2) is 58.8 Å². The second-order valence-corrected chi connectivity index (χ2v) is 7.24. The third-order valence-electron chi connectivity index (χ3n) is 5.14. The van der Waals surface area contributed by atoms with Crippen LogP contribution in [-0.2, 0) is 9.59 Å². The Bertz CT molecular complexity index is 936. The lowest BCUT2D eigenvalue weighted by Crippen LogP contribution is -2.33. The van der Waals surface area contributed by atoms with Crippen molar-refractivity contribution in [2.24, 2.45) is 16.1 Å². The highest BCUT2D eigenvalue weighted by Gasteiger charge is 2.67. The zero-order valence-electron chi connectivity index (χ0n) is 13.6. The highest BCUT2D eigenvalue weighted by molar-refractivity contribution is 6.30. The molecule has 130 valence electrons. The number of amides is 2. The van der Waals surface area contributed by atoms with E-state index >= 15 is 0 Å². The maximum Gasteiger partial charge on any atom is 0.261 e. The fourth-order valence-electron chi connectivity index (χ4n) is 3.63. The summed E-state index contributed by atoms with van der Waals surface area (Å²) in [5.41, 5.74) is 0.118. The van der Waals surface area contributed by atoms with Gasteiger partial charge in [0.25, 0.3) is 5.91 Å². The zero-order chi connectivity index (χ0) is 17.9. The SMILES string of the molecule is O=C1C2N=NC3(CC3)C2C(=O)N1c1ccc(Oc2ccc(Cl)cc2)cc1. The molecule has 2 aliphatic heterocycles. The summed E-state index contributed by atoms with van der Waals surface area (Å²) in [4.78, 5) is 26.7. The van der Waals surface area contributed by atoms with Crippen molar-refractivity contribution in [2.75, 3.05) is 4.90 Å². The van der Waals surface area contributed by atoms with Crippen LogP contribution >= 0.6 is 11.6 Å². The number of fused-ring (bicyclic) bond motifs is 2. The predicted molar refractivity (Wildman–Crippen MR) is 94.6 cm³/mol. The summed E-state index contributed by atoms with van der Waals surface area (Å²) < 4.78 is 5.74. The van der Waals surface area contributed by atoms with E-state index in [0.717, 1.165) is 12.8 Å². The first-order valence-electron chi connectivity index (χ1n) is 8.41. The molecular weight excluding hydrogens is 354 g/mol. The highest BCUT2D eigenvalue weighted by Crippen LogP contribution is 2.55. The number of hydrogen-bond donors (Lipinski definition) is 0. The van der Waals surface area contributed by atoms with Crippen LogP contribution in [0.25, 0.3) is 0 Å². The topological polar surface area (TPSA) is 71.3 Å². The molecule has 1 saturated heterocycles. The number of halogens is 1. The summed E-state index contributed by atoms with van der Waals surface area (Å²) in [6.45, 7) is 0. The van der Waals surface area contributed by atoms with E-state index in [9.17, 15) is 9.59 Å². The number of ether oxygens (including phenoxy) is 1. The van der Waals surface area contributed by atoms with Gasteiger partial charge in [0.2, 0.25) is 5.91 Å². The van der Waals surface area contributed by atoms with Crippen LogP contribution in [0.3, 0.4) is 0 Å². The summed E-state index contributed by atoms with van der Waals surface area (Å²) in [5.74, 6) is 0.336. The molecule has 2 aromatic rings. The molecular formula is C19H14ClN3O3. The number of imide groups is 1. The lowest BCUT2D eigenvalue weighted by Gasteiger charge is -2.17. The Labute approximate surface area is 154 Å². The van der Waals surface area contributed by atoms with Gasteiger partial charge in [-0.05, 0) is 61.4 Å². The van der Waals surface area contributed by atoms with Crippen molar-refractivity contribution in [1.29, 1.82) is 0 Å². The van der Waals surface area contributed by atoms with Crippen molar-refractivity contribution >= 4 is 29.1 Å². The Kier molecular flexibility index (Phi) is 3.21. The Morgan fingerprint density at radius 2 is 1.58 bits per heavy atom. The first-order valence-corrected chi connectivity index (χ1v) is 8.79. The maximum atomic E-state index is 12.8. The standard InChI is InChI=1S/C19H14ClN3O3/c20-11-1-5-13(6-2-11)26-14-7-3-12(4-8-14)23-17(24)15-16(18(23)25)21-22-19(15)9-10-19/h1-8,15-16H,9-10H2. The molecule has 0 aromatic heterocycles. The molecule has 2 unspecified atom stereocenters. The normalized spacial score (nSPS) is 25.0. The van der Waals surface area contributed by atoms with Gasteiger partial charge in [-0.25, -0.2) is 4.90 Å². The van der Waals surface area contributed by atoms with E-state index in [4.69, 9.17) is 16.3 Å². The van der Waals surface area contributed by atoms with Crippen LogP contribution in [0.5, 0.6) is 11.5 Å². The third-order valence-corrected chi connectivity index (χ3v) is 5.39. The number of hydrogen-bond acceptors (Lipinski definition) is 5. The Hall–Kier alpha value is -2.73. The Morgan fingerprint density at radius 1 is 0.962 bits per heavy atom. The van der Waals surface area contributed by atoms with Gasteiger partial charge >= 0.3 is 0 Å². The van der Waals surface area contributed by atoms with Crippen LogP contribution in [0.1, 0.15) is 12.8 Å². The Balaban J connectivity index is 1.38. The first kappa shape index (κ1) is 15.5. The van der Waals surface area contributed by atoms with Crippen molar-refractivity contribution in [3.8, 4) is 11.5 Å². The van der Waals surface area contributed by atoms with Crippen molar-refractivity contribution in [2.45, 2.75) is 24.4 Å². The van der Waals surface area contributed by atoms with Gasteiger partial charge in [0.05, 0.1) is 17.1 Å². The number of carbonyl (C=O) groups excluding carboxylic acids is 2. The molecule has 3 aliphatic rings. The molecule has 0 radical (unpaired) electrons. The predicted octanol–water partition coefficient (Wildman–Crippen LogP) is 3.99. The third kappa shape index (κ3) is 2.25. The van der Waals surface area contributed by atoms with Gasteiger partial charge in [0.1, 0.15) is 11.5 Å². The monoisotopic (exact) mass is 367 g/mol. The van der Waals surface area contributed by atoms with Gasteiger partial charge in [-0.2, -0.15) is 10.2 Å². The number of nitrogens with zero attached hydrogens (tertiary/aromatic N) is 3.